The second-order valence-electron chi connectivity index (χ2n) is 7.29. The summed E-state index contributed by atoms with van der Waals surface area (Å²) in [5, 5.41) is 9.52. The van der Waals surface area contributed by atoms with Gasteiger partial charge >= 0.3 is 5.97 Å². The highest BCUT2D eigenvalue weighted by Gasteiger charge is 2.18. The molecular formula is C26H25ClO6. The summed E-state index contributed by atoms with van der Waals surface area (Å²) in [4.78, 5) is 23.5. The van der Waals surface area contributed by atoms with Gasteiger partial charge in [-0.15, -0.1) is 0 Å². The van der Waals surface area contributed by atoms with Crippen LogP contribution in [0, 0.1) is 0 Å². The second-order valence-corrected chi connectivity index (χ2v) is 7.70. The zero-order valence-electron chi connectivity index (χ0n) is 18.2. The summed E-state index contributed by atoms with van der Waals surface area (Å²) in [6.07, 6.45) is -0.125. The molecule has 7 heteroatoms. The lowest BCUT2D eigenvalue weighted by atomic mass is 10.0. The Hall–Kier alpha value is -3.35. The molecule has 0 aliphatic carbocycles. The molecule has 1 atom stereocenters. The molecule has 6 nitrogen and oxygen atoms in total. The zero-order valence-corrected chi connectivity index (χ0v) is 19.0. The van der Waals surface area contributed by atoms with Gasteiger partial charge in [0.25, 0.3) is 0 Å². The van der Waals surface area contributed by atoms with Crippen molar-refractivity contribution in [2.75, 3.05) is 20.3 Å². The van der Waals surface area contributed by atoms with Crippen molar-refractivity contribution >= 4 is 23.4 Å². The maximum atomic E-state index is 12.4. The molecule has 0 bridgehead atoms. The van der Waals surface area contributed by atoms with Gasteiger partial charge in [-0.3, -0.25) is 4.79 Å². The topological polar surface area (TPSA) is 82.1 Å². The molecule has 0 radical (unpaired) electrons. The summed E-state index contributed by atoms with van der Waals surface area (Å²) in [5.74, 6) is 0.210. The third-order valence-corrected chi connectivity index (χ3v) is 5.32. The van der Waals surface area contributed by atoms with E-state index in [4.69, 9.17) is 30.9 Å². The number of aliphatic carboxylic acids is 1. The first kappa shape index (κ1) is 24.3. The Kier molecular flexibility index (Phi) is 8.87. The molecule has 0 aliphatic rings. The van der Waals surface area contributed by atoms with Gasteiger partial charge in [-0.25, -0.2) is 4.79 Å². The van der Waals surface area contributed by atoms with Crippen LogP contribution in [0.1, 0.15) is 27.9 Å². The lowest BCUT2D eigenvalue weighted by Crippen LogP contribution is -2.24. The molecule has 33 heavy (non-hydrogen) atoms. The number of ketones is 1. The fraction of sp³-hybridized carbons (Fsp3) is 0.231. The maximum absolute atomic E-state index is 12.4. The van der Waals surface area contributed by atoms with Crippen LogP contribution in [0.5, 0.6) is 11.5 Å². The highest BCUT2D eigenvalue weighted by molar-refractivity contribution is 6.31. The Morgan fingerprint density at radius 3 is 2.09 bits per heavy atom. The van der Waals surface area contributed by atoms with E-state index in [-0.39, 0.29) is 12.2 Å². The van der Waals surface area contributed by atoms with Crippen molar-refractivity contribution in [2.24, 2.45) is 0 Å². The number of rotatable bonds is 12. The molecular weight excluding hydrogens is 444 g/mol. The second kappa shape index (κ2) is 12.0. The van der Waals surface area contributed by atoms with Crippen LogP contribution in [0.4, 0.5) is 0 Å². The monoisotopic (exact) mass is 468 g/mol. The van der Waals surface area contributed by atoms with E-state index in [1.54, 1.807) is 54.6 Å². The predicted octanol–water partition coefficient (Wildman–Crippen LogP) is 5.06. The van der Waals surface area contributed by atoms with Crippen molar-refractivity contribution in [1.29, 1.82) is 0 Å². The molecule has 0 saturated heterocycles. The van der Waals surface area contributed by atoms with E-state index < -0.39 is 12.1 Å². The van der Waals surface area contributed by atoms with E-state index in [2.05, 4.69) is 0 Å². The standard InChI is InChI=1S/C26H25ClO6/c1-31-24(26(29)30)16-20-10-13-22(17-23(20)27)33-15-5-14-32-21-11-8-19(9-12-21)25(28)18-6-3-2-4-7-18/h2-4,6-13,17,24H,5,14-16H2,1H3,(H,29,30). The fourth-order valence-electron chi connectivity index (χ4n) is 3.15. The number of benzene rings is 3. The minimum atomic E-state index is -1.04. The third-order valence-electron chi connectivity index (χ3n) is 4.97. The number of carboxylic acid groups (broad SMARTS) is 1. The quantitative estimate of drug-likeness (QED) is 0.295. The molecule has 1 unspecified atom stereocenters. The largest absolute Gasteiger partial charge is 0.493 e. The van der Waals surface area contributed by atoms with Crippen LogP contribution in [0.25, 0.3) is 0 Å². The third kappa shape index (κ3) is 7.07. The molecule has 1 N–H and O–H groups in total. The predicted molar refractivity (Wildman–Crippen MR) is 126 cm³/mol. The Morgan fingerprint density at radius 1 is 0.879 bits per heavy atom. The number of halogens is 1. The van der Waals surface area contributed by atoms with Crippen molar-refractivity contribution in [3.63, 3.8) is 0 Å². The maximum Gasteiger partial charge on any atom is 0.333 e. The van der Waals surface area contributed by atoms with Gasteiger partial charge < -0.3 is 19.3 Å². The highest BCUT2D eigenvalue weighted by atomic mass is 35.5. The number of methoxy groups -OCH3 is 1. The molecule has 3 rings (SSSR count). The average Bonchev–Trinajstić information content (AvgIpc) is 2.83. The molecule has 0 spiro atoms. The Morgan fingerprint density at radius 2 is 1.48 bits per heavy atom. The molecule has 0 amide bonds. The number of carbonyl (C=O) groups excluding carboxylic acids is 1. The van der Waals surface area contributed by atoms with Crippen molar-refractivity contribution in [2.45, 2.75) is 18.9 Å². The van der Waals surface area contributed by atoms with E-state index in [1.807, 2.05) is 18.2 Å². The minimum Gasteiger partial charge on any atom is -0.493 e. The number of carboxylic acids is 1. The van der Waals surface area contributed by atoms with Gasteiger partial charge in [0.15, 0.2) is 11.9 Å². The first-order valence-electron chi connectivity index (χ1n) is 10.5. The van der Waals surface area contributed by atoms with Gasteiger partial charge in [0.2, 0.25) is 0 Å². The van der Waals surface area contributed by atoms with E-state index in [9.17, 15) is 9.59 Å². The highest BCUT2D eigenvalue weighted by Crippen LogP contribution is 2.24. The van der Waals surface area contributed by atoms with Crippen LogP contribution in [0.15, 0.2) is 72.8 Å². The SMILES string of the molecule is COC(Cc1ccc(OCCCOc2ccc(C(=O)c3ccccc3)cc2)cc1Cl)C(=O)O. The van der Waals surface area contributed by atoms with Gasteiger partial charge in [-0.1, -0.05) is 48.0 Å². The average molecular weight is 469 g/mol. The van der Waals surface area contributed by atoms with Crippen LogP contribution in [0.3, 0.4) is 0 Å². The summed E-state index contributed by atoms with van der Waals surface area (Å²) in [5.41, 5.74) is 1.94. The Balaban J connectivity index is 1.42. The van der Waals surface area contributed by atoms with Crippen molar-refractivity contribution in [1.82, 2.24) is 0 Å². The van der Waals surface area contributed by atoms with Crippen LogP contribution in [0.2, 0.25) is 5.02 Å². The summed E-state index contributed by atoms with van der Waals surface area (Å²) in [6, 6.07) is 21.3. The minimum absolute atomic E-state index is 0.0269. The first-order chi connectivity index (χ1) is 16.0. The van der Waals surface area contributed by atoms with Crippen molar-refractivity contribution < 1.29 is 28.9 Å². The summed E-state index contributed by atoms with van der Waals surface area (Å²) in [6.45, 7) is 0.877. The number of carbonyl (C=O) groups is 2. The molecule has 0 aliphatic heterocycles. The Labute approximate surface area is 197 Å². The lowest BCUT2D eigenvalue weighted by Gasteiger charge is -2.13. The smallest absolute Gasteiger partial charge is 0.333 e. The van der Waals surface area contributed by atoms with E-state index in [0.717, 1.165) is 0 Å². The lowest BCUT2D eigenvalue weighted by molar-refractivity contribution is -0.148. The van der Waals surface area contributed by atoms with Gasteiger partial charge in [-0.2, -0.15) is 0 Å². The number of hydrogen-bond acceptors (Lipinski definition) is 5. The summed E-state index contributed by atoms with van der Waals surface area (Å²) < 4.78 is 16.4. The van der Waals surface area contributed by atoms with E-state index in [0.29, 0.717) is 52.8 Å². The first-order valence-corrected chi connectivity index (χ1v) is 10.8. The van der Waals surface area contributed by atoms with E-state index in [1.165, 1.54) is 7.11 Å². The van der Waals surface area contributed by atoms with Gasteiger partial charge in [0, 0.05) is 36.1 Å². The number of ether oxygens (including phenoxy) is 3. The van der Waals surface area contributed by atoms with Crippen molar-refractivity contribution in [3.05, 3.63) is 94.5 Å². The van der Waals surface area contributed by atoms with Crippen molar-refractivity contribution in [3.8, 4) is 11.5 Å². The zero-order chi connectivity index (χ0) is 23.6. The molecule has 0 heterocycles. The Bertz CT molecular complexity index is 1070. The normalized spacial score (nSPS) is 11.6. The molecule has 0 aromatic heterocycles. The molecule has 0 saturated carbocycles. The van der Waals surface area contributed by atoms with Crippen LogP contribution in [-0.2, 0) is 16.0 Å². The van der Waals surface area contributed by atoms with Crippen LogP contribution in [-0.4, -0.2) is 43.3 Å². The van der Waals surface area contributed by atoms with E-state index >= 15 is 0 Å². The number of hydrogen-bond donors (Lipinski definition) is 1. The molecule has 3 aromatic carbocycles. The molecule has 3 aromatic rings. The summed E-state index contributed by atoms with van der Waals surface area (Å²) >= 11 is 6.25. The van der Waals surface area contributed by atoms with Gasteiger partial charge in [0.05, 0.1) is 13.2 Å². The van der Waals surface area contributed by atoms with Gasteiger partial charge in [0.1, 0.15) is 11.5 Å². The van der Waals surface area contributed by atoms with Crippen LogP contribution < -0.4 is 9.47 Å². The molecule has 172 valence electrons. The van der Waals surface area contributed by atoms with Gasteiger partial charge in [-0.05, 0) is 42.0 Å². The molecule has 0 fully saturated rings. The van der Waals surface area contributed by atoms with Crippen LogP contribution >= 0.6 is 11.6 Å². The summed E-state index contributed by atoms with van der Waals surface area (Å²) in [7, 11) is 1.35. The fourth-order valence-corrected chi connectivity index (χ4v) is 3.40.